The Labute approximate surface area is 214 Å². The highest BCUT2D eigenvalue weighted by atomic mass is 35.5. The number of nitrogens with one attached hydrogen (secondary N) is 2. The summed E-state index contributed by atoms with van der Waals surface area (Å²) in [6.45, 7) is 4.47. The Balaban J connectivity index is 0.000000250. The fraction of sp³-hybridized carbons (Fsp3) is 0.320. The number of carbonyl (C=O) groups is 2. The zero-order valence-corrected chi connectivity index (χ0v) is 21.4. The van der Waals surface area contributed by atoms with Gasteiger partial charge < -0.3 is 20.1 Å². The van der Waals surface area contributed by atoms with Gasteiger partial charge in [-0.2, -0.15) is 17.6 Å². The van der Waals surface area contributed by atoms with E-state index in [0.717, 1.165) is 6.42 Å². The average molecular weight is 522 g/mol. The Bertz CT molecular complexity index is 1140. The van der Waals surface area contributed by atoms with Crippen molar-refractivity contribution < 1.29 is 23.8 Å². The van der Waals surface area contributed by atoms with Crippen LogP contribution in [0.4, 0.5) is 4.39 Å². The Morgan fingerprint density at radius 2 is 1.94 bits per heavy atom. The van der Waals surface area contributed by atoms with Crippen LogP contribution in [0.3, 0.4) is 0 Å². The fourth-order valence-corrected chi connectivity index (χ4v) is 3.82. The molecule has 7 nitrogen and oxygen atoms in total. The number of hydrogen-bond acceptors (Lipinski definition) is 5. The Morgan fingerprint density at radius 3 is 2.51 bits per heavy atom. The van der Waals surface area contributed by atoms with Crippen LogP contribution < -0.4 is 10.1 Å². The lowest BCUT2D eigenvalue weighted by Gasteiger charge is -2.16. The maximum atomic E-state index is 13.0. The van der Waals surface area contributed by atoms with Crippen molar-refractivity contribution in [2.45, 2.75) is 26.8 Å². The number of aromatic nitrogens is 2. The molecule has 3 rings (SSSR count). The molecule has 0 bridgehead atoms. The molecule has 0 spiro atoms. The van der Waals surface area contributed by atoms with Gasteiger partial charge in [0.25, 0.3) is 6.01 Å². The zero-order valence-electron chi connectivity index (χ0n) is 19.7. The van der Waals surface area contributed by atoms with Crippen molar-refractivity contribution in [2.75, 3.05) is 12.9 Å². The molecule has 1 amide bonds. The van der Waals surface area contributed by atoms with Gasteiger partial charge in [-0.3, -0.25) is 4.79 Å². The lowest BCUT2D eigenvalue weighted by atomic mass is 9.98. The van der Waals surface area contributed by atoms with Crippen molar-refractivity contribution >= 4 is 36.1 Å². The van der Waals surface area contributed by atoms with E-state index in [4.69, 9.17) is 21.4 Å². The van der Waals surface area contributed by atoms with E-state index >= 15 is 0 Å². The van der Waals surface area contributed by atoms with Gasteiger partial charge in [0, 0.05) is 11.7 Å². The molecule has 0 aliphatic carbocycles. The number of halogens is 2. The summed E-state index contributed by atoms with van der Waals surface area (Å²) in [6, 6.07) is 12.8. The second-order valence-electron chi connectivity index (χ2n) is 8.10. The molecule has 0 saturated heterocycles. The number of carboxylic acid groups (broad SMARTS) is 1. The fourth-order valence-electron chi connectivity index (χ4n) is 3.31. The van der Waals surface area contributed by atoms with Gasteiger partial charge in [-0.05, 0) is 41.7 Å². The molecule has 3 N–H and O–H groups in total. The van der Waals surface area contributed by atoms with Crippen LogP contribution in [-0.2, 0) is 11.3 Å². The van der Waals surface area contributed by atoms with Crippen molar-refractivity contribution in [3.63, 3.8) is 0 Å². The first-order valence-electron chi connectivity index (χ1n) is 10.9. The highest BCUT2D eigenvalue weighted by molar-refractivity contribution is 7.80. The largest absolute Gasteiger partial charge is 0.478 e. The van der Waals surface area contributed by atoms with Crippen LogP contribution in [-0.4, -0.2) is 39.8 Å². The van der Waals surface area contributed by atoms with Crippen LogP contribution >= 0.6 is 24.2 Å². The summed E-state index contributed by atoms with van der Waals surface area (Å²) < 4.78 is 18.0. The molecule has 1 aromatic heterocycles. The monoisotopic (exact) mass is 521 g/mol. The minimum atomic E-state index is -1.01. The normalized spacial score (nSPS) is 11.4. The van der Waals surface area contributed by atoms with Crippen LogP contribution in [0.1, 0.15) is 36.3 Å². The maximum Gasteiger partial charge on any atom is 0.336 e. The standard InChI is InChI=1S/C13H9FO2.C12H20ClN3O2S/c14-10-5-3-4-9(8-10)11-6-1-2-7-12(11)13(15)16;1-7(2)4-8(6-19)11(17)14-5-9-10(13)16-12(15-9)18-3/h1-8H,(H,15,16);7-8,19H,4-6H2,1-3H3,(H,14,17)(H,15,16)/t;8-/m.1/s1. The highest BCUT2D eigenvalue weighted by Gasteiger charge is 2.19. The van der Waals surface area contributed by atoms with Gasteiger partial charge in [-0.15, -0.1) is 0 Å². The predicted octanol–water partition coefficient (Wildman–Crippen LogP) is 5.47. The van der Waals surface area contributed by atoms with Crippen LogP contribution in [0.5, 0.6) is 6.01 Å². The van der Waals surface area contributed by atoms with E-state index < -0.39 is 5.97 Å². The van der Waals surface area contributed by atoms with Gasteiger partial charge in [-0.25, -0.2) is 9.18 Å². The van der Waals surface area contributed by atoms with Crippen molar-refractivity contribution in [1.82, 2.24) is 15.3 Å². The molecule has 35 heavy (non-hydrogen) atoms. The molecule has 0 unspecified atom stereocenters. The summed E-state index contributed by atoms with van der Waals surface area (Å²) in [5, 5.41) is 12.1. The Morgan fingerprint density at radius 1 is 1.23 bits per heavy atom. The molecule has 0 aliphatic heterocycles. The summed E-state index contributed by atoms with van der Waals surface area (Å²) in [7, 11) is 1.50. The number of hydrogen-bond donors (Lipinski definition) is 4. The number of imidazole rings is 1. The molecule has 10 heteroatoms. The summed E-state index contributed by atoms with van der Waals surface area (Å²) in [6.07, 6.45) is 0.815. The van der Waals surface area contributed by atoms with Crippen molar-refractivity contribution in [2.24, 2.45) is 11.8 Å². The third-order valence-electron chi connectivity index (χ3n) is 4.98. The summed E-state index contributed by atoms with van der Waals surface area (Å²) in [5.74, 6) is -0.513. The van der Waals surface area contributed by atoms with Gasteiger partial charge in [0.15, 0.2) is 5.15 Å². The van der Waals surface area contributed by atoms with Crippen molar-refractivity contribution in [3.05, 3.63) is 70.8 Å². The number of thiol groups is 1. The minimum absolute atomic E-state index is 0.0201. The Hall–Kier alpha value is -3.04. The summed E-state index contributed by atoms with van der Waals surface area (Å²) >= 11 is 10.1. The van der Waals surface area contributed by atoms with E-state index in [-0.39, 0.29) is 23.2 Å². The molecule has 0 saturated carbocycles. The number of rotatable bonds is 9. The quantitative estimate of drug-likeness (QED) is 0.279. The van der Waals surface area contributed by atoms with Crippen LogP contribution in [0.25, 0.3) is 11.1 Å². The topological polar surface area (TPSA) is 104 Å². The summed E-state index contributed by atoms with van der Waals surface area (Å²) in [4.78, 5) is 29.8. The van der Waals surface area contributed by atoms with Crippen LogP contribution in [0.15, 0.2) is 48.5 Å². The first-order valence-corrected chi connectivity index (χ1v) is 11.9. The van der Waals surface area contributed by atoms with E-state index in [2.05, 4.69) is 41.8 Å². The molecule has 188 valence electrons. The molecule has 0 aliphatic rings. The van der Waals surface area contributed by atoms with E-state index in [1.165, 1.54) is 25.3 Å². The maximum absolute atomic E-state index is 13.0. The first-order chi connectivity index (χ1) is 16.7. The zero-order chi connectivity index (χ0) is 26.0. The molecule has 3 aromatic rings. The number of nitrogens with zero attached hydrogens (tertiary/aromatic N) is 1. The van der Waals surface area contributed by atoms with Crippen molar-refractivity contribution in [3.8, 4) is 17.1 Å². The number of carboxylic acids is 1. The minimum Gasteiger partial charge on any atom is -0.478 e. The number of aromatic amines is 1. The molecule has 2 aromatic carbocycles. The molecule has 0 fully saturated rings. The number of carbonyl (C=O) groups excluding carboxylic acids is 1. The highest BCUT2D eigenvalue weighted by Crippen LogP contribution is 2.24. The first kappa shape index (κ1) is 28.2. The molecule has 1 atom stereocenters. The molecular weight excluding hydrogens is 493 g/mol. The number of benzene rings is 2. The van der Waals surface area contributed by atoms with E-state index in [0.29, 0.717) is 46.2 Å². The number of ether oxygens (including phenoxy) is 1. The molecular formula is C25H29ClFN3O4S. The average Bonchev–Trinajstić information content (AvgIpc) is 3.20. The van der Waals surface area contributed by atoms with Gasteiger partial charge in [0.1, 0.15) is 5.82 Å². The third kappa shape index (κ3) is 8.60. The van der Waals surface area contributed by atoms with Crippen LogP contribution in [0, 0.1) is 17.7 Å². The number of H-pyrrole nitrogens is 1. The summed E-state index contributed by atoms with van der Waals surface area (Å²) in [5.41, 5.74) is 1.90. The van der Waals surface area contributed by atoms with Crippen molar-refractivity contribution in [1.29, 1.82) is 0 Å². The molecule has 1 heterocycles. The lowest BCUT2D eigenvalue weighted by molar-refractivity contribution is -0.124. The lowest BCUT2D eigenvalue weighted by Crippen LogP contribution is -2.32. The van der Waals surface area contributed by atoms with Gasteiger partial charge in [0.05, 0.1) is 24.9 Å². The van der Waals surface area contributed by atoms with Gasteiger partial charge >= 0.3 is 5.97 Å². The Kier molecular flexibility index (Phi) is 11.1. The van der Waals surface area contributed by atoms with E-state index in [9.17, 15) is 14.0 Å². The second kappa shape index (κ2) is 13.7. The van der Waals surface area contributed by atoms with E-state index in [1.54, 1.807) is 30.3 Å². The number of aromatic carboxylic acids is 1. The molecule has 0 radical (unpaired) electrons. The predicted molar refractivity (Wildman–Crippen MR) is 138 cm³/mol. The van der Waals surface area contributed by atoms with Gasteiger partial charge in [0.2, 0.25) is 5.91 Å². The number of amides is 1. The second-order valence-corrected chi connectivity index (χ2v) is 8.83. The van der Waals surface area contributed by atoms with E-state index in [1.807, 2.05) is 0 Å². The number of methoxy groups -OCH3 is 1. The van der Waals surface area contributed by atoms with Gasteiger partial charge in [-0.1, -0.05) is 55.8 Å². The van der Waals surface area contributed by atoms with Crippen LogP contribution in [0.2, 0.25) is 5.15 Å². The third-order valence-corrected chi connectivity index (χ3v) is 5.73. The smallest absolute Gasteiger partial charge is 0.336 e. The SMILES string of the molecule is COc1nc(Cl)c(CNC(=O)[C@@H](CS)CC(C)C)[nH]1.O=C(O)c1ccccc1-c1cccc(F)c1.